The molecule has 0 radical (unpaired) electrons. The maximum absolute atomic E-state index is 13.8. The van der Waals surface area contributed by atoms with Crippen molar-refractivity contribution in [1.29, 1.82) is 0 Å². The Morgan fingerprint density at radius 1 is 1.24 bits per heavy atom. The number of piperazine rings is 1. The summed E-state index contributed by atoms with van der Waals surface area (Å²) in [5, 5.41) is 2.76. The third-order valence-electron chi connectivity index (χ3n) is 3.83. The van der Waals surface area contributed by atoms with Gasteiger partial charge in [0.15, 0.2) is 0 Å². The van der Waals surface area contributed by atoms with Gasteiger partial charge in [-0.05, 0) is 18.4 Å². The number of hydrogen-bond acceptors (Lipinski definition) is 2. The predicted molar refractivity (Wildman–Crippen MR) is 77.8 cm³/mol. The average molecular weight is 292 g/mol. The van der Waals surface area contributed by atoms with Gasteiger partial charge in [-0.2, -0.15) is 0 Å². The van der Waals surface area contributed by atoms with Gasteiger partial charge < -0.3 is 10.2 Å². The van der Waals surface area contributed by atoms with E-state index in [1.54, 1.807) is 25.1 Å². The molecule has 0 spiro atoms. The van der Waals surface area contributed by atoms with Crippen LogP contribution >= 0.6 is 0 Å². The molecule has 0 aromatic heterocycles. The van der Waals surface area contributed by atoms with E-state index in [4.69, 9.17) is 0 Å². The highest BCUT2D eigenvalue weighted by molar-refractivity contribution is 5.97. The minimum Gasteiger partial charge on any atom is -0.342 e. The van der Waals surface area contributed by atoms with Crippen LogP contribution in [0.3, 0.4) is 0 Å². The summed E-state index contributed by atoms with van der Waals surface area (Å²) >= 11 is 0. The van der Waals surface area contributed by atoms with Crippen molar-refractivity contribution in [2.24, 2.45) is 5.41 Å². The number of carbonyl (C=O) groups excluding carboxylic acids is 2. The van der Waals surface area contributed by atoms with Crippen LogP contribution in [0.2, 0.25) is 0 Å². The van der Waals surface area contributed by atoms with Gasteiger partial charge in [-0.15, -0.1) is 0 Å². The van der Waals surface area contributed by atoms with Gasteiger partial charge in [0.2, 0.25) is 11.8 Å². The van der Waals surface area contributed by atoms with E-state index in [2.05, 4.69) is 5.32 Å². The molecule has 1 N–H and O–H groups in total. The van der Waals surface area contributed by atoms with Gasteiger partial charge in [-0.25, -0.2) is 4.39 Å². The number of nitrogens with zero attached hydrogens (tertiary/aromatic N) is 1. The Balaban J connectivity index is 2.30. The van der Waals surface area contributed by atoms with Crippen LogP contribution in [-0.2, 0) is 16.1 Å². The van der Waals surface area contributed by atoms with Crippen LogP contribution in [0, 0.1) is 11.2 Å². The summed E-state index contributed by atoms with van der Waals surface area (Å²) in [6.45, 7) is 7.45. The van der Waals surface area contributed by atoms with Crippen LogP contribution in [0.5, 0.6) is 0 Å². The molecule has 0 aliphatic carbocycles. The summed E-state index contributed by atoms with van der Waals surface area (Å²) < 4.78 is 13.8. The van der Waals surface area contributed by atoms with E-state index in [9.17, 15) is 14.0 Å². The third kappa shape index (κ3) is 3.06. The fourth-order valence-electron chi connectivity index (χ4n) is 2.43. The fourth-order valence-corrected chi connectivity index (χ4v) is 2.43. The highest BCUT2D eigenvalue weighted by Crippen LogP contribution is 2.26. The summed E-state index contributed by atoms with van der Waals surface area (Å²) in [7, 11) is 0. The van der Waals surface area contributed by atoms with Crippen LogP contribution in [-0.4, -0.2) is 28.8 Å². The topological polar surface area (TPSA) is 49.4 Å². The van der Waals surface area contributed by atoms with Crippen LogP contribution in [0.1, 0.15) is 33.3 Å². The molecular formula is C16H21FN2O2. The number of carbonyl (C=O) groups is 2. The lowest BCUT2D eigenvalue weighted by Crippen LogP contribution is -2.65. The van der Waals surface area contributed by atoms with E-state index < -0.39 is 12.1 Å². The number of nitrogens with one attached hydrogen (secondary N) is 1. The van der Waals surface area contributed by atoms with E-state index in [-0.39, 0.29) is 29.6 Å². The first kappa shape index (κ1) is 15.5. The van der Waals surface area contributed by atoms with Crippen molar-refractivity contribution < 1.29 is 14.0 Å². The Labute approximate surface area is 124 Å². The number of rotatable bonds is 2. The highest BCUT2D eigenvalue weighted by Gasteiger charge is 2.43. The van der Waals surface area contributed by atoms with Gasteiger partial charge in [0, 0.05) is 12.1 Å². The minimum absolute atomic E-state index is 0.104. The highest BCUT2D eigenvalue weighted by atomic mass is 19.1. The Bertz CT molecular complexity index is 566. The first-order valence-electron chi connectivity index (χ1n) is 7.06. The Morgan fingerprint density at radius 3 is 2.43 bits per heavy atom. The molecule has 1 saturated heterocycles. The number of hydrogen-bond donors (Lipinski definition) is 1. The predicted octanol–water partition coefficient (Wildman–Crippen LogP) is 2.09. The summed E-state index contributed by atoms with van der Waals surface area (Å²) in [6.07, 6.45) is 0. The van der Waals surface area contributed by atoms with E-state index in [0.717, 1.165) is 0 Å². The molecule has 1 aromatic rings. The van der Waals surface area contributed by atoms with E-state index >= 15 is 0 Å². The zero-order valence-corrected chi connectivity index (χ0v) is 12.8. The van der Waals surface area contributed by atoms with Crippen molar-refractivity contribution in [2.45, 2.75) is 46.3 Å². The molecule has 1 aliphatic rings. The summed E-state index contributed by atoms with van der Waals surface area (Å²) in [6, 6.07) is 5.12. The van der Waals surface area contributed by atoms with Gasteiger partial charge in [-0.1, -0.05) is 39.0 Å². The standard InChI is InChI=1S/C16H21FN2O2/c1-10-14(20)18-13(16(2,3)4)15(21)19(10)9-11-7-5-6-8-12(11)17/h5-8,10,13H,9H2,1-4H3,(H,18,20). The molecule has 2 amide bonds. The van der Waals surface area contributed by atoms with E-state index in [1.807, 2.05) is 20.8 Å². The quantitative estimate of drug-likeness (QED) is 0.907. The van der Waals surface area contributed by atoms with Gasteiger partial charge in [0.25, 0.3) is 0 Å². The second-order valence-corrected chi connectivity index (χ2v) is 6.54. The first-order valence-corrected chi connectivity index (χ1v) is 7.06. The fraction of sp³-hybridized carbons (Fsp3) is 0.500. The van der Waals surface area contributed by atoms with Crippen LogP contribution in [0.15, 0.2) is 24.3 Å². The van der Waals surface area contributed by atoms with Gasteiger partial charge in [0.05, 0.1) is 0 Å². The lowest BCUT2D eigenvalue weighted by Gasteiger charge is -2.42. The molecule has 0 saturated carbocycles. The van der Waals surface area contributed by atoms with Crippen molar-refractivity contribution in [3.63, 3.8) is 0 Å². The summed E-state index contributed by atoms with van der Waals surface area (Å²) in [5.74, 6) is -0.737. The molecule has 2 unspecified atom stereocenters. The van der Waals surface area contributed by atoms with Gasteiger partial charge in [-0.3, -0.25) is 9.59 Å². The van der Waals surface area contributed by atoms with Crippen molar-refractivity contribution >= 4 is 11.8 Å². The molecule has 4 nitrogen and oxygen atoms in total. The average Bonchev–Trinajstić information content (AvgIpc) is 2.39. The number of halogens is 1. The number of benzene rings is 1. The van der Waals surface area contributed by atoms with Gasteiger partial charge in [0.1, 0.15) is 17.9 Å². The maximum atomic E-state index is 13.8. The molecule has 2 rings (SSSR count). The largest absolute Gasteiger partial charge is 0.342 e. The molecule has 1 heterocycles. The molecule has 1 aromatic carbocycles. The maximum Gasteiger partial charge on any atom is 0.246 e. The van der Waals surface area contributed by atoms with Crippen molar-refractivity contribution in [3.8, 4) is 0 Å². The monoisotopic (exact) mass is 292 g/mol. The van der Waals surface area contributed by atoms with Crippen LogP contribution in [0.4, 0.5) is 4.39 Å². The Kier molecular flexibility index (Phi) is 4.03. The molecule has 114 valence electrons. The zero-order valence-electron chi connectivity index (χ0n) is 12.8. The Morgan fingerprint density at radius 2 is 1.86 bits per heavy atom. The van der Waals surface area contributed by atoms with Crippen LogP contribution < -0.4 is 5.32 Å². The normalized spacial score (nSPS) is 23.2. The van der Waals surface area contributed by atoms with Crippen LogP contribution in [0.25, 0.3) is 0 Å². The van der Waals surface area contributed by atoms with Crippen molar-refractivity contribution in [1.82, 2.24) is 10.2 Å². The first-order chi connectivity index (χ1) is 9.71. The second-order valence-electron chi connectivity index (χ2n) is 6.54. The number of amides is 2. The molecule has 5 heteroatoms. The molecule has 21 heavy (non-hydrogen) atoms. The Hall–Kier alpha value is -1.91. The molecule has 0 bridgehead atoms. The third-order valence-corrected chi connectivity index (χ3v) is 3.83. The second kappa shape index (κ2) is 5.47. The summed E-state index contributed by atoms with van der Waals surface area (Å²) in [4.78, 5) is 26.2. The lowest BCUT2D eigenvalue weighted by molar-refractivity contribution is -0.152. The van der Waals surface area contributed by atoms with Gasteiger partial charge >= 0.3 is 0 Å². The molecule has 1 aliphatic heterocycles. The van der Waals surface area contributed by atoms with Crippen molar-refractivity contribution in [3.05, 3.63) is 35.6 Å². The lowest BCUT2D eigenvalue weighted by atomic mass is 9.84. The molecular weight excluding hydrogens is 271 g/mol. The van der Waals surface area contributed by atoms with Crippen molar-refractivity contribution in [2.75, 3.05) is 0 Å². The summed E-state index contributed by atoms with van der Waals surface area (Å²) in [5.41, 5.74) is 0.0282. The smallest absolute Gasteiger partial charge is 0.246 e. The zero-order chi connectivity index (χ0) is 15.8. The molecule has 1 fully saturated rings. The molecule has 2 atom stereocenters. The van der Waals surface area contributed by atoms with E-state index in [1.165, 1.54) is 11.0 Å². The minimum atomic E-state index is -0.601. The van der Waals surface area contributed by atoms with E-state index in [0.29, 0.717) is 5.56 Å². The SMILES string of the molecule is CC1C(=O)NC(C(C)(C)C)C(=O)N1Cc1ccccc1F.